The van der Waals surface area contributed by atoms with Gasteiger partial charge in [0.1, 0.15) is 6.10 Å². The van der Waals surface area contributed by atoms with Crippen LogP contribution in [-0.2, 0) is 14.3 Å². The molecule has 1 saturated heterocycles. The van der Waals surface area contributed by atoms with Gasteiger partial charge in [0.15, 0.2) is 0 Å². The largest absolute Gasteiger partial charge is 0.461 e. The number of nitrogens with one attached hydrogen (secondary N) is 1. The molecule has 2 bridgehead atoms. The standard InChI is InChI=1S/C15H12Br2ClNO3/c16-8-2-1-5(3-9(8)18)19-14(20)10-6-4-7-11(10)15(21)22-13(7)12(6)17/h1-3,6-7,10-13H,4H2,(H,19,20)/t6-,7-,10-,11+,12+,13+/m1/s1. The third kappa shape index (κ3) is 2.07. The zero-order chi connectivity index (χ0) is 15.6. The Morgan fingerprint density at radius 3 is 2.86 bits per heavy atom. The highest BCUT2D eigenvalue weighted by Gasteiger charge is 2.67. The quantitative estimate of drug-likeness (QED) is 0.554. The van der Waals surface area contributed by atoms with Crippen molar-refractivity contribution in [1.82, 2.24) is 0 Å². The topological polar surface area (TPSA) is 55.4 Å². The first-order chi connectivity index (χ1) is 10.5. The monoisotopic (exact) mass is 447 g/mol. The number of hydrogen-bond donors (Lipinski definition) is 1. The van der Waals surface area contributed by atoms with Crippen LogP contribution in [0.5, 0.6) is 0 Å². The van der Waals surface area contributed by atoms with Gasteiger partial charge in [0.05, 0.1) is 21.7 Å². The van der Waals surface area contributed by atoms with E-state index >= 15 is 0 Å². The van der Waals surface area contributed by atoms with E-state index in [1.54, 1.807) is 18.2 Å². The zero-order valence-corrected chi connectivity index (χ0v) is 15.2. The van der Waals surface area contributed by atoms with E-state index in [2.05, 4.69) is 37.2 Å². The van der Waals surface area contributed by atoms with Crippen LogP contribution in [0.3, 0.4) is 0 Å². The van der Waals surface area contributed by atoms with Crippen molar-refractivity contribution in [1.29, 1.82) is 0 Å². The number of hydrogen-bond acceptors (Lipinski definition) is 3. The first-order valence-electron chi connectivity index (χ1n) is 7.08. The van der Waals surface area contributed by atoms with E-state index < -0.39 is 0 Å². The molecule has 2 aliphatic carbocycles. The highest BCUT2D eigenvalue weighted by molar-refractivity contribution is 9.10. The van der Waals surface area contributed by atoms with Gasteiger partial charge in [-0.1, -0.05) is 27.5 Å². The molecule has 1 N–H and O–H groups in total. The number of alkyl halides is 1. The van der Waals surface area contributed by atoms with E-state index in [0.29, 0.717) is 10.7 Å². The molecule has 3 aliphatic rings. The maximum absolute atomic E-state index is 12.7. The number of amides is 1. The molecule has 2 saturated carbocycles. The number of fused-ring (bicyclic) bond motifs is 1. The van der Waals surface area contributed by atoms with Crippen LogP contribution in [0.25, 0.3) is 0 Å². The minimum absolute atomic E-state index is 0.0614. The maximum atomic E-state index is 12.7. The molecule has 4 rings (SSSR count). The summed E-state index contributed by atoms with van der Waals surface area (Å²) >= 11 is 13.0. The molecule has 0 spiro atoms. The van der Waals surface area contributed by atoms with Crippen molar-refractivity contribution >= 4 is 61.0 Å². The highest BCUT2D eigenvalue weighted by Crippen LogP contribution is 2.60. The van der Waals surface area contributed by atoms with Crippen molar-refractivity contribution in [2.45, 2.75) is 17.4 Å². The second-order valence-electron chi connectivity index (χ2n) is 6.08. The Balaban J connectivity index is 1.58. The van der Waals surface area contributed by atoms with Crippen molar-refractivity contribution in [3.63, 3.8) is 0 Å². The number of anilines is 1. The van der Waals surface area contributed by atoms with Crippen LogP contribution in [0.2, 0.25) is 5.02 Å². The SMILES string of the molecule is O=C(Nc1ccc(Br)c(Cl)c1)[C@@H]1[C@H]2C[C@H]3[C@H](OC(=O)[C@@H]31)[C@H]2Br. The molecule has 4 nitrogen and oxygen atoms in total. The van der Waals surface area contributed by atoms with Gasteiger partial charge in [-0.2, -0.15) is 0 Å². The second kappa shape index (κ2) is 5.21. The van der Waals surface area contributed by atoms with Gasteiger partial charge in [-0.05, 0) is 46.5 Å². The summed E-state index contributed by atoms with van der Waals surface area (Å²) in [6.45, 7) is 0. The summed E-state index contributed by atoms with van der Waals surface area (Å²) in [4.78, 5) is 24.8. The maximum Gasteiger partial charge on any atom is 0.310 e. The van der Waals surface area contributed by atoms with Gasteiger partial charge < -0.3 is 10.1 Å². The molecule has 1 aromatic rings. The molecular weight excluding hydrogens is 437 g/mol. The number of rotatable bonds is 2. The Morgan fingerprint density at radius 1 is 1.36 bits per heavy atom. The molecule has 0 aromatic heterocycles. The number of benzene rings is 1. The lowest BCUT2D eigenvalue weighted by Crippen LogP contribution is -2.40. The van der Waals surface area contributed by atoms with E-state index in [1.807, 2.05) is 0 Å². The molecule has 0 radical (unpaired) electrons. The molecule has 6 atom stereocenters. The molecule has 7 heteroatoms. The second-order valence-corrected chi connectivity index (χ2v) is 8.40. The number of carbonyl (C=O) groups excluding carboxylic acids is 2. The van der Waals surface area contributed by atoms with Gasteiger partial charge >= 0.3 is 5.97 Å². The zero-order valence-electron chi connectivity index (χ0n) is 11.3. The molecule has 116 valence electrons. The predicted molar refractivity (Wildman–Crippen MR) is 89.0 cm³/mol. The van der Waals surface area contributed by atoms with Gasteiger partial charge in [0.2, 0.25) is 5.91 Å². The fourth-order valence-corrected chi connectivity index (χ4v) is 5.60. The first kappa shape index (κ1) is 15.0. The van der Waals surface area contributed by atoms with Crippen molar-refractivity contribution in [3.8, 4) is 0 Å². The average molecular weight is 450 g/mol. The molecule has 22 heavy (non-hydrogen) atoms. The third-order valence-corrected chi connectivity index (χ3v) is 7.45. The lowest BCUT2D eigenvalue weighted by atomic mass is 9.79. The van der Waals surface area contributed by atoms with E-state index in [1.165, 1.54) is 0 Å². The Bertz CT molecular complexity index is 683. The molecule has 0 unspecified atom stereocenters. The first-order valence-corrected chi connectivity index (χ1v) is 9.16. The van der Waals surface area contributed by atoms with E-state index in [0.717, 1.165) is 10.9 Å². The van der Waals surface area contributed by atoms with Crippen molar-refractivity contribution in [3.05, 3.63) is 27.7 Å². The van der Waals surface area contributed by atoms with Gasteiger partial charge in [-0.25, -0.2) is 0 Å². The highest BCUT2D eigenvalue weighted by atomic mass is 79.9. The number of ether oxygens (including phenoxy) is 1. The normalized spacial score (nSPS) is 38.2. The van der Waals surface area contributed by atoms with Crippen LogP contribution in [0.1, 0.15) is 6.42 Å². The summed E-state index contributed by atoms with van der Waals surface area (Å²) in [6.07, 6.45) is 0.810. The van der Waals surface area contributed by atoms with Gasteiger partial charge in [-0.3, -0.25) is 9.59 Å². The summed E-state index contributed by atoms with van der Waals surface area (Å²) in [5, 5.41) is 3.42. The molecule has 3 fully saturated rings. The van der Waals surface area contributed by atoms with Crippen molar-refractivity contribution in [2.75, 3.05) is 5.32 Å². The van der Waals surface area contributed by atoms with Crippen LogP contribution in [0.4, 0.5) is 5.69 Å². The Morgan fingerprint density at radius 2 is 2.14 bits per heavy atom. The Labute approximate surface area is 149 Å². The van der Waals surface area contributed by atoms with Crippen LogP contribution < -0.4 is 5.32 Å². The molecular formula is C15H12Br2ClNO3. The minimum Gasteiger partial charge on any atom is -0.461 e. The fourth-order valence-electron chi connectivity index (χ4n) is 4.13. The predicted octanol–water partition coefficient (Wildman–Crippen LogP) is 3.61. The van der Waals surface area contributed by atoms with Gasteiger partial charge in [0, 0.05) is 16.1 Å². The number of halogens is 3. The van der Waals surface area contributed by atoms with Crippen LogP contribution >= 0.6 is 43.5 Å². The van der Waals surface area contributed by atoms with Crippen molar-refractivity contribution in [2.24, 2.45) is 23.7 Å². The Kier molecular flexibility index (Phi) is 3.55. The molecule has 1 amide bonds. The summed E-state index contributed by atoms with van der Waals surface area (Å²) in [5.41, 5.74) is 0.634. The van der Waals surface area contributed by atoms with E-state index in [-0.39, 0.29) is 46.5 Å². The molecule has 1 aromatic carbocycles. The average Bonchev–Trinajstić information content (AvgIpc) is 3.07. The Hall–Kier alpha value is -0.590. The van der Waals surface area contributed by atoms with E-state index in [9.17, 15) is 9.59 Å². The number of esters is 1. The summed E-state index contributed by atoms with van der Waals surface area (Å²) in [7, 11) is 0. The summed E-state index contributed by atoms with van der Waals surface area (Å²) < 4.78 is 6.20. The molecule has 1 heterocycles. The fraction of sp³-hybridized carbons (Fsp3) is 0.467. The summed E-state index contributed by atoms with van der Waals surface area (Å²) in [5.74, 6) is -0.660. The van der Waals surface area contributed by atoms with Crippen LogP contribution in [0, 0.1) is 23.7 Å². The lowest BCUT2D eigenvalue weighted by molar-refractivity contribution is -0.145. The van der Waals surface area contributed by atoms with Crippen molar-refractivity contribution < 1.29 is 14.3 Å². The van der Waals surface area contributed by atoms with Crippen LogP contribution in [-0.4, -0.2) is 22.8 Å². The minimum atomic E-state index is -0.331. The smallest absolute Gasteiger partial charge is 0.310 e. The third-order valence-electron chi connectivity index (χ3n) is 5.01. The van der Waals surface area contributed by atoms with Gasteiger partial charge in [-0.15, -0.1) is 0 Å². The number of carbonyl (C=O) groups is 2. The van der Waals surface area contributed by atoms with E-state index in [4.69, 9.17) is 16.3 Å². The summed E-state index contributed by atoms with van der Waals surface area (Å²) in [6, 6.07) is 5.26. The lowest BCUT2D eigenvalue weighted by Gasteiger charge is -2.27. The van der Waals surface area contributed by atoms with Gasteiger partial charge in [0.25, 0.3) is 0 Å². The van der Waals surface area contributed by atoms with Crippen LogP contribution in [0.15, 0.2) is 22.7 Å². The molecule has 1 aliphatic heterocycles.